The molecule has 3 heterocycles. The van der Waals surface area contributed by atoms with E-state index in [1.165, 1.54) is 8.66 Å². The Labute approximate surface area is 125 Å². The van der Waals surface area contributed by atoms with Crippen LogP contribution in [0.3, 0.4) is 0 Å². The molecule has 1 atom stereocenters. The van der Waals surface area contributed by atoms with E-state index in [0.29, 0.717) is 0 Å². The van der Waals surface area contributed by atoms with Crippen LogP contribution in [-0.4, -0.2) is 40.5 Å². The Hall–Kier alpha value is -0.690. The van der Waals surface area contributed by atoms with Crippen molar-refractivity contribution in [1.82, 2.24) is 14.7 Å². The summed E-state index contributed by atoms with van der Waals surface area (Å²) in [5.41, 5.74) is 0. The molecule has 6 heteroatoms. The lowest BCUT2D eigenvalue weighted by Gasteiger charge is -2.32. The molecule has 1 fully saturated rings. The van der Waals surface area contributed by atoms with Crippen LogP contribution in [-0.2, 0) is 17.8 Å². The number of rotatable bonds is 4. The van der Waals surface area contributed by atoms with Crippen molar-refractivity contribution in [2.45, 2.75) is 19.2 Å². The standard InChI is InChI=1S/C13H16BrN3OS/c14-13-3-2-12(19-13)10-16-6-7-18-11(8-16)9-17-5-1-4-15-17/h1-5,11H,6-10H2. The quantitative estimate of drug-likeness (QED) is 0.856. The highest BCUT2D eigenvalue weighted by atomic mass is 79.9. The zero-order chi connectivity index (χ0) is 13.1. The topological polar surface area (TPSA) is 30.3 Å². The van der Waals surface area contributed by atoms with E-state index in [0.717, 1.165) is 32.8 Å². The Kier molecular flexibility index (Phi) is 4.32. The monoisotopic (exact) mass is 341 g/mol. The van der Waals surface area contributed by atoms with Gasteiger partial charge in [-0.1, -0.05) is 0 Å². The number of thiophene rings is 1. The molecule has 0 N–H and O–H groups in total. The first kappa shape index (κ1) is 13.3. The molecular weight excluding hydrogens is 326 g/mol. The summed E-state index contributed by atoms with van der Waals surface area (Å²) in [7, 11) is 0. The fourth-order valence-electron chi connectivity index (χ4n) is 2.31. The molecule has 3 rings (SSSR count). The first-order valence-corrected chi connectivity index (χ1v) is 7.96. The predicted molar refractivity (Wildman–Crippen MR) is 79.3 cm³/mol. The van der Waals surface area contributed by atoms with Crippen LogP contribution in [0.25, 0.3) is 0 Å². The van der Waals surface area contributed by atoms with Crippen molar-refractivity contribution in [2.24, 2.45) is 0 Å². The van der Waals surface area contributed by atoms with Crippen molar-refractivity contribution in [2.75, 3.05) is 19.7 Å². The van der Waals surface area contributed by atoms with Gasteiger partial charge < -0.3 is 4.74 Å². The SMILES string of the molecule is Brc1ccc(CN2CCOC(Cn3cccn3)C2)s1. The van der Waals surface area contributed by atoms with Crippen molar-refractivity contribution in [1.29, 1.82) is 0 Å². The second-order valence-corrected chi connectivity index (χ2v) is 7.21. The predicted octanol–water partition coefficient (Wildman–Crippen LogP) is 2.61. The van der Waals surface area contributed by atoms with E-state index in [1.54, 1.807) is 11.3 Å². The van der Waals surface area contributed by atoms with Gasteiger partial charge in [-0.25, -0.2) is 0 Å². The van der Waals surface area contributed by atoms with Gasteiger partial charge >= 0.3 is 0 Å². The minimum absolute atomic E-state index is 0.233. The smallest absolute Gasteiger partial charge is 0.0898 e. The third-order valence-corrected chi connectivity index (χ3v) is 4.79. The molecular formula is C13H16BrN3OS. The van der Waals surface area contributed by atoms with Gasteiger partial charge in [-0.15, -0.1) is 11.3 Å². The van der Waals surface area contributed by atoms with Gasteiger partial charge in [-0.3, -0.25) is 9.58 Å². The number of morpholine rings is 1. The molecule has 0 saturated carbocycles. The van der Waals surface area contributed by atoms with E-state index in [2.05, 4.69) is 38.1 Å². The van der Waals surface area contributed by atoms with Crippen molar-refractivity contribution in [3.8, 4) is 0 Å². The average Bonchev–Trinajstić information content (AvgIpc) is 3.02. The molecule has 19 heavy (non-hydrogen) atoms. The molecule has 102 valence electrons. The Morgan fingerprint density at radius 3 is 3.16 bits per heavy atom. The minimum Gasteiger partial charge on any atom is -0.374 e. The van der Waals surface area contributed by atoms with E-state index in [4.69, 9.17) is 4.74 Å². The summed E-state index contributed by atoms with van der Waals surface area (Å²) in [5.74, 6) is 0. The lowest BCUT2D eigenvalue weighted by atomic mass is 10.2. The van der Waals surface area contributed by atoms with Gasteiger partial charge in [0, 0.05) is 36.9 Å². The molecule has 1 unspecified atom stereocenters. The molecule has 0 aliphatic carbocycles. The lowest BCUT2D eigenvalue weighted by molar-refractivity contribution is -0.0399. The highest BCUT2D eigenvalue weighted by molar-refractivity contribution is 9.11. The van der Waals surface area contributed by atoms with E-state index in [9.17, 15) is 0 Å². The summed E-state index contributed by atoms with van der Waals surface area (Å²) in [6, 6.07) is 6.25. The van der Waals surface area contributed by atoms with Crippen molar-refractivity contribution >= 4 is 27.3 Å². The van der Waals surface area contributed by atoms with Crippen LogP contribution in [0.15, 0.2) is 34.4 Å². The van der Waals surface area contributed by atoms with Gasteiger partial charge in [0.2, 0.25) is 0 Å². The summed E-state index contributed by atoms with van der Waals surface area (Å²) >= 11 is 5.32. The number of hydrogen-bond acceptors (Lipinski definition) is 4. The Morgan fingerprint density at radius 1 is 1.47 bits per heavy atom. The molecule has 2 aromatic rings. The maximum absolute atomic E-state index is 5.82. The Bertz CT molecular complexity index is 514. The third-order valence-electron chi connectivity index (χ3n) is 3.18. The van der Waals surface area contributed by atoms with Gasteiger partial charge in [0.15, 0.2) is 0 Å². The maximum Gasteiger partial charge on any atom is 0.0898 e. The average molecular weight is 342 g/mol. The Balaban J connectivity index is 1.55. The fraction of sp³-hybridized carbons (Fsp3) is 0.462. The van der Waals surface area contributed by atoms with Crippen LogP contribution in [0.2, 0.25) is 0 Å². The molecule has 1 aliphatic heterocycles. The fourth-order valence-corrected chi connectivity index (χ4v) is 3.83. The van der Waals surface area contributed by atoms with Gasteiger partial charge in [0.1, 0.15) is 0 Å². The summed E-state index contributed by atoms with van der Waals surface area (Å²) in [5, 5.41) is 4.24. The van der Waals surface area contributed by atoms with E-state index in [-0.39, 0.29) is 6.10 Å². The second kappa shape index (κ2) is 6.17. The van der Waals surface area contributed by atoms with Crippen LogP contribution in [0.4, 0.5) is 0 Å². The molecule has 0 amide bonds. The summed E-state index contributed by atoms with van der Waals surface area (Å²) in [6.45, 7) is 4.62. The van der Waals surface area contributed by atoms with Crippen LogP contribution in [0.5, 0.6) is 0 Å². The van der Waals surface area contributed by atoms with Gasteiger partial charge in [0.25, 0.3) is 0 Å². The normalized spacial score (nSPS) is 20.8. The number of halogens is 1. The van der Waals surface area contributed by atoms with E-state index in [1.807, 2.05) is 23.1 Å². The zero-order valence-corrected chi connectivity index (χ0v) is 12.9. The van der Waals surface area contributed by atoms with E-state index >= 15 is 0 Å². The summed E-state index contributed by atoms with van der Waals surface area (Å²) < 4.78 is 8.95. The van der Waals surface area contributed by atoms with Crippen LogP contribution >= 0.6 is 27.3 Å². The van der Waals surface area contributed by atoms with Crippen LogP contribution in [0, 0.1) is 0 Å². The molecule has 0 aromatic carbocycles. The minimum atomic E-state index is 0.233. The Morgan fingerprint density at radius 2 is 2.42 bits per heavy atom. The molecule has 0 radical (unpaired) electrons. The highest BCUT2D eigenvalue weighted by Gasteiger charge is 2.21. The van der Waals surface area contributed by atoms with E-state index < -0.39 is 0 Å². The summed E-state index contributed by atoms with van der Waals surface area (Å²) in [4.78, 5) is 3.85. The number of hydrogen-bond donors (Lipinski definition) is 0. The van der Waals surface area contributed by atoms with Crippen molar-refractivity contribution < 1.29 is 4.74 Å². The van der Waals surface area contributed by atoms with Crippen molar-refractivity contribution in [3.05, 3.63) is 39.3 Å². The maximum atomic E-state index is 5.82. The molecule has 0 bridgehead atoms. The highest BCUT2D eigenvalue weighted by Crippen LogP contribution is 2.24. The number of nitrogens with zero attached hydrogens (tertiary/aromatic N) is 3. The summed E-state index contributed by atoms with van der Waals surface area (Å²) in [6.07, 6.45) is 4.03. The van der Waals surface area contributed by atoms with Gasteiger partial charge in [-0.05, 0) is 34.1 Å². The second-order valence-electron chi connectivity index (χ2n) is 4.66. The van der Waals surface area contributed by atoms with Gasteiger partial charge in [-0.2, -0.15) is 5.10 Å². The molecule has 1 saturated heterocycles. The zero-order valence-electron chi connectivity index (χ0n) is 10.5. The molecule has 4 nitrogen and oxygen atoms in total. The van der Waals surface area contributed by atoms with Crippen molar-refractivity contribution in [3.63, 3.8) is 0 Å². The molecule has 2 aromatic heterocycles. The van der Waals surface area contributed by atoms with Crippen LogP contribution in [0.1, 0.15) is 4.88 Å². The molecule has 0 spiro atoms. The number of ether oxygens (including phenoxy) is 1. The lowest BCUT2D eigenvalue weighted by Crippen LogP contribution is -2.43. The third kappa shape index (κ3) is 3.66. The molecule has 1 aliphatic rings. The van der Waals surface area contributed by atoms with Gasteiger partial charge in [0.05, 0.1) is 23.0 Å². The first-order chi connectivity index (χ1) is 9.29. The largest absolute Gasteiger partial charge is 0.374 e. The number of aromatic nitrogens is 2. The first-order valence-electron chi connectivity index (χ1n) is 6.35. The van der Waals surface area contributed by atoms with Crippen LogP contribution < -0.4 is 0 Å².